The second kappa shape index (κ2) is 16.6. The van der Waals surface area contributed by atoms with Crippen molar-refractivity contribution < 1.29 is 0 Å². The minimum absolute atomic E-state index is 0.00459. The zero-order valence-corrected chi connectivity index (χ0v) is 41.9. The van der Waals surface area contributed by atoms with Gasteiger partial charge in [-0.05, 0) is 146 Å². The SMILES string of the molecule is Cc1cc(C(C)(C)C)ccc1N1c2ccc(-c3ccccc3)cc2B2c3c(cc4c(c31)-c1ccccc1C4(C)C)-c1ccc(N(c3ccccc3)c3ccccc3)cc1N2c1ccc(-c2ccccc2)cc1. The Balaban J connectivity index is 1.16. The molecular weight excluding hydrogens is 870 g/mol. The van der Waals surface area contributed by atoms with Crippen LogP contribution in [0.3, 0.4) is 0 Å². The molecule has 0 unspecified atom stereocenters. The first kappa shape index (κ1) is 43.7. The van der Waals surface area contributed by atoms with Gasteiger partial charge in [-0.3, -0.25) is 0 Å². The van der Waals surface area contributed by atoms with E-state index >= 15 is 0 Å². The molecule has 0 amide bonds. The zero-order valence-electron chi connectivity index (χ0n) is 41.9. The molecule has 1 aliphatic carbocycles. The van der Waals surface area contributed by atoms with Gasteiger partial charge in [0.2, 0.25) is 0 Å². The molecule has 10 aromatic rings. The monoisotopic (exact) mass is 925 g/mol. The second-order valence-corrected chi connectivity index (χ2v) is 21.4. The Labute approximate surface area is 425 Å². The van der Waals surface area contributed by atoms with Gasteiger partial charge in [0, 0.05) is 56.4 Å². The lowest BCUT2D eigenvalue weighted by atomic mass is 9.42. The fourth-order valence-electron chi connectivity index (χ4n) is 12.1. The van der Waals surface area contributed by atoms with E-state index in [9.17, 15) is 0 Å². The molecule has 3 nitrogen and oxygen atoms in total. The lowest BCUT2D eigenvalue weighted by Crippen LogP contribution is -2.62. The topological polar surface area (TPSA) is 9.72 Å². The van der Waals surface area contributed by atoms with E-state index in [1.807, 2.05) is 0 Å². The van der Waals surface area contributed by atoms with Crippen LogP contribution in [0.5, 0.6) is 0 Å². The fourth-order valence-corrected chi connectivity index (χ4v) is 12.1. The first-order valence-electron chi connectivity index (χ1n) is 25.5. The van der Waals surface area contributed by atoms with Crippen LogP contribution in [0, 0.1) is 6.92 Å². The summed E-state index contributed by atoms with van der Waals surface area (Å²) in [7, 11) is 0. The van der Waals surface area contributed by atoms with Gasteiger partial charge in [-0.25, -0.2) is 0 Å². The molecule has 0 radical (unpaired) electrons. The number of hydrogen-bond acceptors (Lipinski definition) is 3. The van der Waals surface area contributed by atoms with Crippen LogP contribution in [-0.2, 0) is 10.8 Å². The van der Waals surface area contributed by atoms with Gasteiger partial charge in [0.25, 0.3) is 0 Å². The smallest absolute Gasteiger partial charge is 0.333 e. The Kier molecular flexibility index (Phi) is 10.1. The molecule has 0 aromatic heterocycles. The molecule has 13 rings (SSSR count). The summed E-state index contributed by atoms with van der Waals surface area (Å²) in [5.41, 5.74) is 26.9. The summed E-state index contributed by atoms with van der Waals surface area (Å²) in [4.78, 5) is 7.72. The van der Waals surface area contributed by atoms with Crippen molar-refractivity contribution in [3.8, 4) is 44.5 Å². The largest absolute Gasteiger partial charge is 0.376 e. The highest BCUT2D eigenvalue weighted by molar-refractivity contribution is 6.94. The van der Waals surface area contributed by atoms with Crippen molar-refractivity contribution in [3.63, 3.8) is 0 Å². The van der Waals surface area contributed by atoms with Gasteiger partial charge in [-0.1, -0.05) is 198 Å². The Hall–Kier alpha value is -8.34. The molecule has 2 heterocycles. The van der Waals surface area contributed by atoms with Gasteiger partial charge in [0.1, 0.15) is 0 Å². The normalized spacial score (nSPS) is 13.7. The molecule has 0 bridgehead atoms. The van der Waals surface area contributed by atoms with Crippen LogP contribution in [0.4, 0.5) is 45.5 Å². The van der Waals surface area contributed by atoms with Crippen LogP contribution in [0.1, 0.15) is 56.9 Å². The average molecular weight is 926 g/mol. The van der Waals surface area contributed by atoms with Crippen molar-refractivity contribution in [2.75, 3.05) is 14.6 Å². The van der Waals surface area contributed by atoms with Crippen molar-refractivity contribution in [3.05, 3.63) is 253 Å². The highest BCUT2D eigenvalue weighted by Crippen LogP contribution is 2.58. The summed E-state index contributed by atoms with van der Waals surface area (Å²) in [5.74, 6) is 0. The van der Waals surface area contributed by atoms with E-state index in [-0.39, 0.29) is 17.7 Å². The van der Waals surface area contributed by atoms with Crippen molar-refractivity contribution in [2.24, 2.45) is 0 Å². The molecule has 346 valence electrons. The summed E-state index contributed by atoms with van der Waals surface area (Å²) in [5, 5.41) is 0. The van der Waals surface area contributed by atoms with Crippen LogP contribution in [0.25, 0.3) is 44.5 Å². The van der Waals surface area contributed by atoms with E-state index in [1.54, 1.807) is 0 Å². The quantitative estimate of drug-likeness (QED) is 0.148. The van der Waals surface area contributed by atoms with Crippen LogP contribution in [-0.4, -0.2) is 6.85 Å². The third-order valence-electron chi connectivity index (χ3n) is 15.7. The molecule has 0 atom stereocenters. The van der Waals surface area contributed by atoms with Crippen LogP contribution < -0.4 is 25.5 Å². The lowest BCUT2D eigenvalue weighted by molar-refractivity contribution is 0.590. The average Bonchev–Trinajstić information content (AvgIpc) is 3.65. The summed E-state index contributed by atoms with van der Waals surface area (Å²) in [6.45, 7) is 13.9. The number of benzene rings is 10. The third kappa shape index (κ3) is 6.88. The van der Waals surface area contributed by atoms with Gasteiger partial charge in [0.05, 0.1) is 5.69 Å². The van der Waals surface area contributed by atoms with Gasteiger partial charge in [0.15, 0.2) is 0 Å². The first-order valence-corrected chi connectivity index (χ1v) is 25.5. The number of aryl methyl sites for hydroxylation is 1. The predicted octanol–water partition coefficient (Wildman–Crippen LogP) is 17.1. The van der Waals surface area contributed by atoms with Gasteiger partial charge in [-0.2, -0.15) is 0 Å². The van der Waals surface area contributed by atoms with Gasteiger partial charge < -0.3 is 14.6 Å². The molecule has 0 fully saturated rings. The van der Waals surface area contributed by atoms with E-state index in [1.165, 1.54) is 100 Å². The molecule has 3 aliphatic rings. The number of anilines is 8. The first-order chi connectivity index (χ1) is 35.0. The van der Waals surface area contributed by atoms with Gasteiger partial charge in [-0.15, -0.1) is 0 Å². The molecule has 10 aromatic carbocycles. The Bertz CT molecular complexity index is 3670. The lowest BCUT2D eigenvalue weighted by Gasteiger charge is -2.47. The summed E-state index contributed by atoms with van der Waals surface area (Å²) >= 11 is 0. The molecular formula is C68H56BN3. The fraction of sp³-hybridized carbons (Fsp3) is 0.118. The van der Waals surface area contributed by atoms with E-state index in [0.717, 1.165) is 22.7 Å². The maximum absolute atomic E-state index is 2.67. The van der Waals surface area contributed by atoms with E-state index in [2.05, 4.69) is 287 Å². The number of hydrogen-bond donors (Lipinski definition) is 0. The van der Waals surface area contributed by atoms with E-state index < -0.39 is 0 Å². The van der Waals surface area contributed by atoms with Crippen LogP contribution >= 0.6 is 0 Å². The van der Waals surface area contributed by atoms with E-state index in [4.69, 9.17) is 0 Å². The highest BCUT2D eigenvalue weighted by atomic mass is 15.2. The second-order valence-electron chi connectivity index (χ2n) is 21.4. The van der Waals surface area contributed by atoms with Crippen LogP contribution in [0.2, 0.25) is 0 Å². The van der Waals surface area contributed by atoms with E-state index in [0.29, 0.717) is 0 Å². The maximum atomic E-state index is 2.67. The van der Waals surface area contributed by atoms with Crippen molar-refractivity contribution >= 4 is 63.3 Å². The molecule has 2 aliphatic heterocycles. The van der Waals surface area contributed by atoms with Crippen molar-refractivity contribution in [2.45, 2.75) is 52.4 Å². The number of rotatable bonds is 7. The minimum Gasteiger partial charge on any atom is -0.376 e. The van der Waals surface area contributed by atoms with Crippen LogP contribution in [0.15, 0.2) is 231 Å². The highest BCUT2D eigenvalue weighted by Gasteiger charge is 2.50. The Morgan fingerprint density at radius 1 is 0.444 bits per heavy atom. The number of fused-ring (bicyclic) bond motifs is 8. The molecule has 0 spiro atoms. The molecule has 4 heteroatoms. The molecule has 72 heavy (non-hydrogen) atoms. The van der Waals surface area contributed by atoms with Gasteiger partial charge >= 0.3 is 6.85 Å². The molecule has 0 saturated carbocycles. The maximum Gasteiger partial charge on any atom is 0.333 e. The summed E-state index contributed by atoms with van der Waals surface area (Å²) < 4.78 is 0. The van der Waals surface area contributed by atoms with Crippen molar-refractivity contribution in [1.29, 1.82) is 0 Å². The molecule has 0 saturated heterocycles. The summed E-state index contributed by atoms with van der Waals surface area (Å²) in [6, 6.07) is 86.0. The standard InChI is InChI=1S/C68H56BN3/c1-45-41-50(67(2,3)4)34-40-61(45)71-62-39-33-49(47-23-13-8-14-24-47)42-60(62)69-65-57(44-59-64(66(65)71)56-29-19-20-30-58(56)68(59,5)6)55-38-37-54(70(51-25-15-9-16-26-51)52-27-17-10-18-28-52)43-63(55)72(69)53-35-31-48(32-36-53)46-21-11-7-12-22-46/h7-44H,1-6H3. The predicted molar refractivity (Wildman–Crippen MR) is 307 cm³/mol. The Morgan fingerprint density at radius 3 is 1.65 bits per heavy atom. The minimum atomic E-state index is -0.247. The molecule has 0 N–H and O–H groups in total. The summed E-state index contributed by atoms with van der Waals surface area (Å²) in [6.07, 6.45) is 0. The zero-order chi connectivity index (χ0) is 48.9. The number of para-hydroxylation sites is 2. The Morgan fingerprint density at radius 2 is 1.01 bits per heavy atom. The van der Waals surface area contributed by atoms with Crippen molar-refractivity contribution in [1.82, 2.24) is 0 Å². The number of nitrogens with zero attached hydrogens (tertiary/aromatic N) is 3. The third-order valence-corrected chi connectivity index (χ3v) is 15.7.